The number of unbranched alkanes of at least 4 members (excludes halogenated alkanes) is 1. The summed E-state index contributed by atoms with van der Waals surface area (Å²) in [7, 11) is 0. The second-order valence-electron chi connectivity index (χ2n) is 15.9. The maximum absolute atomic E-state index is 13.2. The fraction of sp³-hybridized carbons (Fsp3) is 0.660. The van der Waals surface area contributed by atoms with Crippen molar-refractivity contribution in [3.8, 4) is 0 Å². The van der Waals surface area contributed by atoms with Crippen molar-refractivity contribution in [2.24, 2.45) is 0 Å². The van der Waals surface area contributed by atoms with Crippen LogP contribution in [0.25, 0.3) is 0 Å². The Kier molecular flexibility index (Phi) is 32.3. The molecule has 0 aliphatic carbocycles. The summed E-state index contributed by atoms with van der Waals surface area (Å²) in [4.78, 5) is 63.2. The molecule has 0 radical (unpaired) electrons. The van der Waals surface area contributed by atoms with E-state index in [1.807, 2.05) is 12.1 Å². The molecule has 0 spiro atoms. The molecule has 2 aromatic carbocycles. The largest absolute Gasteiger partial charge is 0.460 e. The van der Waals surface area contributed by atoms with Crippen LogP contribution >= 0.6 is 0 Å². The number of carbonyl (C=O) groups excluding carboxylic acids is 5. The van der Waals surface area contributed by atoms with Crippen molar-refractivity contribution in [1.29, 1.82) is 0 Å². The van der Waals surface area contributed by atoms with Crippen molar-refractivity contribution >= 4 is 41.0 Å². The molecule has 1 saturated heterocycles. The fourth-order valence-electron chi connectivity index (χ4n) is 6.85. The molecule has 2 aliphatic heterocycles. The van der Waals surface area contributed by atoms with E-state index in [-0.39, 0.29) is 36.5 Å². The lowest BCUT2D eigenvalue weighted by molar-refractivity contribution is -0.136. The lowest BCUT2D eigenvalue weighted by atomic mass is 10.0. The minimum absolute atomic E-state index is 0.0603. The van der Waals surface area contributed by atoms with Gasteiger partial charge in [-0.2, -0.15) is 0 Å². The van der Waals surface area contributed by atoms with E-state index >= 15 is 0 Å². The van der Waals surface area contributed by atoms with Gasteiger partial charge in [0.25, 0.3) is 11.8 Å². The molecule has 4 amide bonds. The predicted octanol–water partition coefficient (Wildman–Crippen LogP) is 2.77. The highest BCUT2D eigenvalue weighted by molar-refractivity contribution is 6.25. The van der Waals surface area contributed by atoms with E-state index in [0.717, 1.165) is 30.0 Å². The minimum atomic E-state index is -1.02. The van der Waals surface area contributed by atoms with E-state index in [1.54, 1.807) is 30.3 Å². The predicted molar refractivity (Wildman–Crippen MR) is 262 cm³/mol. The smallest absolute Gasteiger partial charge is 0.338 e. The molecular formula is C50H76N4O18. The van der Waals surface area contributed by atoms with Gasteiger partial charge in [0.15, 0.2) is 0 Å². The molecule has 2 heterocycles. The van der Waals surface area contributed by atoms with Crippen LogP contribution in [0.5, 0.6) is 0 Å². The van der Waals surface area contributed by atoms with Crippen LogP contribution in [0.1, 0.15) is 63.7 Å². The van der Waals surface area contributed by atoms with Gasteiger partial charge in [-0.25, -0.2) is 4.79 Å². The van der Waals surface area contributed by atoms with Gasteiger partial charge in [0.2, 0.25) is 11.8 Å². The number of hydrogen-bond acceptors (Lipinski definition) is 20. The Balaban J connectivity index is 0.779. The minimum Gasteiger partial charge on any atom is -0.460 e. The van der Waals surface area contributed by atoms with Crippen LogP contribution in [0.15, 0.2) is 42.5 Å². The van der Waals surface area contributed by atoms with Crippen molar-refractivity contribution in [2.75, 3.05) is 189 Å². The highest BCUT2D eigenvalue weighted by Gasteiger charge is 2.45. The zero-order chi connectivity index (χ0) is 51.1. The maximum atomic E-state index is 13.2. The van der Waals surface area contributed by atoms with Gasteiger partial charge in [0, 0.05) is 30.9 Å². The van der Waals surface area contributed by atoms with E-state index < -0.39 is 29.7 Å². The van der Waals surface area contributed by atoms with Crippen molar-refractivity contribution in [3.63, 3.8) is 0 Å². The summed E-state index contributed by atoms with van der Waals surface area (Å²) in [6.45, 7) is 13.9. The van der Waals surface area contributed by atoms with Crippen LogP contribution in [-0.2, 0) is 71.2 Å². The maximum Gasteiger partial charge on any atom is 0.338 e. The molecule has 2 aromatic rings. The number of fused-ring (bicyclic) bond motifs is 1. The number of hydrogen-bond donors (Lipinski definition) is 3. The molecule has 1 fully saturated rings. The van der Waals surface area contributed by atoms with Gasteiger partial charge in [-0.3, -0.25) is 29.4 Å². The first-order chi connectivity index (χ1) is 35.4. The Hall–Kier alpha value is -4.69. The summed E-state index contributed by atoms with van der Waals surface area (Å²) >= 11 is 0. The molecule has 22 nitrogen and oxygen atoms in total. The lowest BCUT2D eigenvalue weighted by Crippen LogP contribution is -2.54. The molecule has 0 bridgehead atoms. The topological polar surface area (TPSA) is 245 Å². The first-order valence-corrected chi connectivity index (χ1v) is 24.9. The molecule has 72 heavy (non-hydrogen) atoms. The van der Waals surface area contributed by atoms with Gasteiger partial charge < -0.3 is 72.2 Å². The quantitative estimate of drug-likeness (QED) is 0.0490. The second kappa shape index (κ2) is 38.9. The molecule has 22 heteroatoms. The molecule has 0 saturated carbocycles. The molecule has 4 rings (SSSR count). The van der Waals surface area contributed by atoms with Crippen molar-refractivity contribution in [3.05, 3.63) is 59.2 Å². The zero-order valence-electron chi connectivity index (χ0n) is 41.8. The van der Waals surface area contributed by atoms with Crippen LogP contribution in [0.3, 0.4) is 0 Å². The van der Waals surface area contributed by atoms with Crippen molar-refractivity contribution < 1.29 is 85.6 Å². The standard InChI is InChI=1S/C50H76N4O18/c1-2-3-13-51-41-9-7-40(8-10-41)50(59)72-39-38-71-37-36-70-35-34-69-33-32-68-31-30-67-29-28-66-27-26-65-25-24-64-23-22-63-21-20-62-19-18-61-17-16-60-15-14-52-43-6-4-5-42-46(43)49(58)54(48(42)57)44-11-12-45(55)53-47(44)56/h4-10,44,51-52H,2-3,11-39H2,1H3,(H,53,55,56). The van der Waals surface area contributed by atoms with E-state index in [4.69, 9.17) is 61.6 Å². The third-order valence-corrected chi connectivity index (χ3v) is 10.6. The first kappa shape index (κ1) is 59.9. The monoisotopic (exact) mass is 1020 g/mol. The molecular weight excluding hydrogens is 945 g/mol. The fourth-order valence-corrected chi connectivity index (χ4v) is 6.85. The number of piperidine rings is 1. The van der Waals surface area contributed by atoms with Gasteiger partial charge in [-0.1, -0.05) is 19.4 Å². The summed E-state index contributed by atoms with van der Waals surface area (Å²) in [6.07, 6.45) is 2.38. The normalized spacial score (nSPS) is 14.5. The summed E-state index contributed by atoms with van der Waals surface area (Å²) in [5.41, 5.74) is 2.39. The Morgan fingerprint density at radius 1 is 0.528 bits per heavy atom. The number of ether oxygens (including phenoxy) is 13. The van der Waals surface area contributed by atoms with E-state index in [1.165, 1.54) is 0 Å². The van der Waals surface area contributed by atoms with Gasteiger partial charge in [0.1, 0.15) is 12.6 Å². The number of carbonyl (C=O) groups is 5. The second-order valence-corrected chi connectivity index (χ2v) is 15.9. The molecule has 2 aliphatic rings. The van der Waals surface area contributed by atoms with E-state index in [0.29, 0.717) is 176 Å². The SMILES string of the molecule is CCCCNc1ccc(C(=O)OCCOCCOCCOCCOCCOCCOCCOCCOCCOCCOCCOCCOCCNc2cccc3c2C(=O)N(C2CCC(=O)NC2=O)C3=O)cc1. The van der Waals surface area contributed by atoms with Gasteiger partial charge >= 0.3 is 5.97 Å². The van der Waals surface area contributed by atoms with Crippen molar-refractivity contribution in [2.45, 2.75) is 38.6 Å². The Morgan fingerprint density at radius 3 is 1.39 bits per heavy atom. The molecule has 0 aromatic heterocycles. The third-order valence-electron chi connectivity index (χ3n) is 10.6. The van der Waals surface area contributed by atoms with Gasteiger partial charge in [-0.15, -0.1) is 0 Å². The average Bonchev–Trinajstić information content (AvgIpc) is 3.64. The van der Waals surface area contributed by atoms with Gasteiger partial charge in [-0.05, 0) is 49.2 Å². The Bertz CT molecular complexity index is 1830. The van der Waals surface area contributed by atoms with Crippen LogP contribution in [0.2, 0.25) is 0 Å². The number of esters is 1. The molecule has 1 atom stereocenters. The van der Waals surface area contributed by atoms with Crippen molar-refractivity contribution in [1.82, 2.24) is 10.2 Å². The number of nitrogens with one attached hydrogen (secondary N) is 3. The number of amides is 4. The van der Waals surface area contributed by atoms with E-state index in [2.05, 4.69) is 22.9 Å². The van der Waals surface area contributed by atoms with E-state index in [9.17, 15) is 24.0 Å². The molecule has 404 valence electrons. The number of nitrogens with zero attached hydrogens (tertiary/aromatic N) is 1. The summed E-state index contributed by atoms with van der Waals surface area (Å²) in [6, 6.07) is 11.2. The van der Waals surface area contributed by atoms with Crippen LogP contribution < -0.4 is 16.0 Å². The summed E-state index contributed by atoms with van der Waals surface area (Å²) in [5.74, 6) is -2.56. The highest BCUT2D eigenvalue weighted by Crippen LogP contribution is 2.32. The first-order valence-electron chi connectivity index (χ1n) is 24.9. The lowest BCUT2D eigenvalue weighted by Gasteiger charge is -2.27. The summed E-state index contributed by atoms with van der Waals surface area (Å²) in [5, 5.41) is 8.65. The number of benzene rings is 2. The van der Waals surface area contributed by atoms with Gasteiger partial charge in [0.05, 0.1) is 175 Å². The summed E-state index contributed by atoms with van der Waals surface area (Å²) < 4.78 is 71.4. The molecule has 3 N–H and O–H groups in total. The number of imide groups is 2. The van der Waals surface area contributed by atoms with Crippen LogP contribution in [0, 0.1) is 0 Å². The third kappa shape index (κ3) is 24.8. The Labute approximate surface area is 422 Å². The highest BCUT2D eigenvalue weighted by atomic mass is 16.6. The van der Waals surface area contributed by atoms with Crippen LogP contribution in [-0.4, -0.2) is 219 Å². The Morgan fingerprint density at radius 2 is 0.958 bits per heavy atom. The number of anilines is 2. The number of rotatable bonds is 46. The molecule has 1 unspecified atom stereocenters. The van der Waals surface area contributed by atoms with Crippen LogP contribution in [0.4, 0.5) is 11.4 Å². The zero-order valence-corrected chi connectivity index (χ0v) is 41.8. The average molecular weight is 1020 g/mol.